The van der Waals surface area contributed by atoms with Crippen LogP contribution in [-0.2, 0) is 6.54 Å². The number of nitrogens with zero attached hydrogens (tertiary/aromatic N) is 1. The molecule has 0 saturated heterocycles. The molecule has 1 amide bonds. The fourth-order valence-corrected chi connectivity index (χ4v) is 1.56. The lowest BCUT2D eigenvalue weighted by Crippen LogP contribution is -2.22. The second-order valence-corrected chi connectivity index (χ2v) is 4.17. The molecule has 0 spiro atoms. The van der Waals surface area contributed by atoms with E-state index in [0.29, 0.717) is 12.1 Å². The van der Waals surface area contributed by atoms with Crippen LogP contribution in [0.4, 0.5) is 5.82 Å². The van der Waals surface area contributed by atoms with Gasteiger partial charge in [0.15, 0.2) is 0 Å². The lowest BCUT2D eigenvalue weighted by atomic mass is 10.2. The highest BCUT2D eigenvalue weighted by atomic mass is 16.3. The molecule has 100 valence electrons. The third-order valence-electron chi connectivity index (χ3n) is 2.61. The van der Waals surface area contributed by atoms with Crippen LogP contribution in [0.3, 0.4) is 0 Å². The number of rotatable bonds is 6. The number of furan rings is 1. The maximum absolute atomic E-state index is 11.9. The summed E-state index contributed by atoms with van der Waals surface area (Å²) in [4.78, 5) is 16.1. The van der Waals surface area contributed by atoms with Crippen molar-refractivity contribution in [1.82, 2.24) is 10.3 Å². The first kappa shape index (κ1) is 13.1. The van der Waals surface area contributed by atoms with Crippen molar-refractivity contribution in [2.24, 2.45) is 0 Å². The van der Waals surface area contributed by atoms with Crippen LogP contribution in [-0.4, -0.2) is 17.4 Å². The third kappa shape index (κ3) is 3.84. The molecule has 5 nitrogen and oxygen atoms in total. The molecule has 0 aliphatic rings. The molecule has 0 radical (unpaired) electrons. The van der Waals surface area contributed by atoms with Gasteiger partial charge in [-0.15, -0.1) is 0 Å². The Labute approximate surface area is 112 Å². The predicted octanol–water partition coefficient (Wildman–Crippen LogP) is 2.43. The lowest BCUT2D eigenvalue weighted by molar-refractivity contribution is 0.0950. The van der Waals surface area contributed by atoms with E-state index in [4.69, 9.17) is 4.42 Å². The zero-order valence-electron chi connectivity index (χ0n) is 10.8. The van der Waals surface area contributed by atoms with Crippen molar-refractivity contribution >= 4 is 11.7 Å². The molecular formula is C14H17N3O2. The number of carbonyl (C=O) groups is 1. The summed E-state index contributed by atoms with van der Waals surface area (Å²) in [7, 11) is 0. The molecule has 0 aromatic carbocycles. The molecule has 0 atom stereocenters. The quantitative estimate of drug-likeness (QED) is 0.836. The largest absolute Gasteiger partial charge is 0.472 e. The number of amides is 1. The minimum absolute atomic E-state index is 0.143. The van der Waals surface area contributed by atoms with Crippen molar-refractivity contribution in [1.29, 1.82) is 0 Å². The average Bonchev–Trinajstić information content (AvgIpc) is 2.96. The van der Waals surface area contributed by atoms with E-state index in [1.54, 1.807) is 24.8 Å². The van der Waals surface area contributed by atoms with E-state index < -0.39 is 0 Å². The van der Waals surface area contributed by atoms with Crippen molar-refractivity contribution in [3.8, 4) is 0 Å². The molecular weight excluding hydrogens is 242 g/mol. The summed E-state index contributed by atoms with van der Waals surface area (Å²) < 4.78 is 4.93. The first-order chi connectivity index (χ1) is 9.29. The van der Waals surface area contributed by atoms with Crippen molar-refractivity contribution < 1.29 is 9.21 Å². The topological polar surface area (TPSA) is 67.2 Å². The van der Waals surface area contributed by atoms with Gasteiger partial charge in [0.2, 0.25) is 0 Å². The van der Waals surface area contributed by atoms with Crippen LogP contribution in [0, 0.1) is 0 Å². The molecule has 0 unspecified atom stereocenters. The van der Waals surface area contributed by atoms with Crippen molar-refractivity contribution in [3.63, 3.8) is 0 Å². The normalized spacial score (nSPS) is 10.2. The van der Waals surface area contributed by atoms with E-state index in [9.17, 15) is 4.79 Å². The predicted molar refractivity (Wildman–Crippen MR) is 72.9 cm³/mol. The maximum Gasteiger partial charge on any atom is 0.253 e. The van der Waals surface area contributed by atoms with Gasteiger partial charge in [0.25, 0.3) is 5.91 Å². The van der Waals surface area contributed by atoms with Gasteiger partial charge in [-0.3, -0.25) is 4.79 Å². The molecule has 5 heteroatoms. The van der Waals surface area contributed by atoms with Crippen LogP contribution >= 0.6 is 0 Å². The Morgan fingerprint density at radius 3 is 2.89 bits per heavy atom. The smallest absolute Gasteiger partial charge is 0.253 e. The highest BCUT2D eigenvalue weighted by Crippen LogP contribution is 2.06. The fraction of sp³-hybridized carbons (Fsp3) is 0.286. The second-order valence-electron chi connectivity index (χ2n) is 4.17. The first-order valence-electron chi connectivity index (χ1n) is 6.29. The molecule has 2 aromatic heterocycles. The van der Waals surface area contributed by atoms with Gasteiger partial charge in [-0.05, 0) is 24.6 Å². The minimum atomic E-state index is -0.143. The van der Waals surface area contributed by atoms with E-state index in [-0.39, 0.29) is 5.91 Å². The summed E-state index contributed by atoms with van der Waals surface area (Å²) in [5.74, 6) is 0.643. The molecule has 2 rings (SSSR count). The Balaban J connectivity index is 1.88. The van der Waals surface area contributed by atoms with Gasteiger partial charge in [-0.25, -0.2) is 4.98 Å². The Kier molecular flexibility index (Phi) is 4.55. The van der Waals surface area contributed by atoms with E-state index in [0.717, 1.165) is 24.3 Å². The summed E-state index contributed by atoms with van der Waals surface area (Å²) in [6.45, 7) is 3.41. The highest BCUT2D eigenvalue weighted by molar-refractivity contribution is 5.93. The van der Waals surface area contributed by atoms with E-state index in [2.05, 4.69) is 22.5 Å². The maximum atomic E-state index is 11.9. The van der Waals surface area contributed by atoms with Crippen LogP contribution in [0.2, 0.25) is 0 Å². The molecule has 2 heterocycles. The zero-order chi connectivity index (χ0) is 13.5. The third-order valence-corrected chi connectivity index (χ3v) is 2.61. The Morgan fingerprint density at radius 1 is 1.37 bits per heavy atom. The van der Waals surface area contributed by atoms with E-state index >= 15 is 0 Å². The van der Waals surface area contributed by atoms with Gasteiger partial charge in [-0.1, -0.05) is 6.92 Å². The van der Waals surface area contributed by atoms with Crippen LogP contribution in [0.15, 0.2) is 41.3 Å². The Hall–Kier alpha value is -2.30. The van der Waals surface area contributed by atoms with Crippen molar-refractivity contribution in [3.05, 3.63) is 48.0 Å². The molecule has 0 saturated carbocycles. The summed E-state index contributed by atoms with van der Waals surface area (Å²) in [5, 5.41) is 5.96. The van der Waals surface area contributed by atoms with Crippen LogP contribution in [0.5, 0.6) is 0 Å². The number of hydrogen-bond donors (Lipinski definition) is 2. The number of nitrogens with one attached hydrogen (secondary N) is 2. The first-order valence-corrected chi connectivity index (χ1v) is 6.29. The van der Waals surface area contributed by atoms with Gasteiger partial charge in [-0.2, -0.15) is 0 Å². The summed E-state index contributed by atoms with van der Waals surface area (Å²) in [5.41, 5.74) is 1.48. The van der Waals surface area contributed by atoms with Gasteiger partial charge < -0.3 is 15.1 Å². The fourth-order valence-electron chi connectivity index (χ4n) is 1.56. The summed E-state index contributed by atoms with van der Waals surface area (Å²) in [6, 6.07) is 5.38. The number of hydrogen-bond acceptors (Lipinski definition) is 4. The van der Waals surface area contributed by atoms with Crippen molar-refractivity contribution in [2.75, 3.05) is 11.9 Å². The molecule has 0 aliphatic heterocycles. The molecule has 2 N–H and O–H groups in total. The SMILES string of the molecule is CCCNc1ccc(C(=O)NCc2ccoc2)cn1. The zero-order valence-corrected chi connectivity index (χ0v) is 10.8. The van der Waals surface area contributed by atoms with Gasteiger partial charge >= 0.3 is 0 Å². The number of anilines is 1. The summed E-state index contributed by atoms with van der Waals surface area (Å²) in [6.07, 6.45) is 5.80. The van der Waals surface area contributed by atoms with Gasteiger partial charge in [0.1, 0.15) is 5.82 Å². The Morgan fingerprint density at radius 2 is 2.26 bits per heavy atom. The van der Waals surface area contributed by atoms with E-state index in [1.807, 2.05) is 12.1 Å². The Bertz CT molecular complexity index is 506. The van der Waals surface area contributed by atoms with Crippen molar-refractivity contribution in [2.45, 2.75) is 19.9 Å². The molecule has 0 fully saturated rings. The second kappa shape index (κ2) is 6.58. The standard InChI is InChI=1S/C14H17N3O2/c1-2-6-15-13-4-3-12(9-16-13)14(18)17-8-11-5-7-19-10-11/h3-5,7,9-10H,2,6,8H2,1H3,(H,15,16)(H,17,18). The molecule has 2 aromatic rings. The summed E-state index contributed by atoms with van der Waals surface area (Å²) >= 11 is 0. The molecule has 0 bridgehead atoms. The molecule has 0 aliphatic carbocycles. The van der Waals surface area contributed by atoms with Crippen LogP contribution in [0.1, 0.15) is 29.3 Å². The number of carbonyl (C=O) groups excluding carboxylic acids is 1. The van der Waals surface area contributed by atoms with Gasteiger partial charge in [0, 0.05) is 24.8 Å². The highest BCUT2D eigenvalue weighted by Gasteiger charge is 2.06. The monoisotopic (exact) mass is 259 g/mol. The van der Waals surface area contributed by atoms with Crippen LogP contribution in [0.25, 0.3) is 0 Å². The van der Waals surface area contributed by atoms with Gasteiger partial charge in [0.05, 0.1) is 18.1 Å². The number of aromatic nitrogens is 1. The molecule has 19 heavy (non-hydrogen) atoms. The van der Waals surface area contributed by atoms with E-state index in [1.165, 1.54) is 0 Å². The minimum Gasteiger partial charge on any atom is -0.472 e. The average molecular weight is 259 g/mol. The van der Waals surface area contributed by atoms with Crippen LogP contribution < -0.4 is 10.6 Å². The lowest BCUT2D eigenvalue weighted by Gasteiger charge is -2.06. The number of pyridine rings is 1.